The number of fused-ring (bicyclic) bond motifs is 16. The van der Waals surface area contributed by atoms with Gasteiger partial charge in [-0.15, -0.1) is 0 Å². The molecule has 8 aliphatic heterocycles. The van der Waals surface area contributed by atoms with Crippen molar-refractivity contribution in [3.05, 3.63) is 172 Å². The van der Waals surface area contributed by atoms with Gasteiger partial charge in [0, 0.05) is 110 Å². The number of urea groups is 4. The van der Waals surface area contributed by atoms with Crippen LogP contribution in [-0.2, 0) is 11.8 Å². The Morgan fingerprint density at radius 2 is 0.992 bits per heavy atom. The van der Waals surface area contributed by atoms with Crippen molar-refractivity contribution in [1.29, 1.82) is 0 Å². The van der Waals surface area contributed by atoms with Gasteiger partial charge in [0.15, 0.2) is 34.8 Å². The van der Waals surface area contributed by atoms with E-state index >= 15 is 0 Å². The number of carbonyl (C=O) groups is 9. The predicted molar refractivity (Wildman–Crippen MR) is 433 cm³/mol. The quantitative estimate of drug-likeness (QED) is 0.0372. The summed E-state index contributed by atoms with van der Waals surface area (Å²) < 4.78 is 43.6. The molecule has 35 nitrogen and oxygen atoms in total. The highest BCUT2D eigenvalue weighted by Crippen LogP contribution is 2.44. The summed E-state index contributed by atoms with van der Waals surface area (Å²) in [6.07, 6.45) is 9.22. The molecule has 2 saturated carbocycles. The molecule has 119 heavy (non-hydrogen) atoms. The number of amides is 10. The molecule has 10 aliphatic rings. The molecule has 4 saturated heterocycles. The summed E-state index contributed by atoms with van der Waals surface area (Å²) in [4.78, 5) is 171. The van der Waals surface area contributed by atoms with Crippen LogP contribution in [0.2, 0.25) is 0 Å². The third-order valence-electron chi connectivity index (χ3n) is 22.0. The minimum Gasteiger partial charge on any atom is -0.478 e. The van der Waals surface area contributed by atoms with E-state index in [2.05, 4.69) is 76.2 Å². The number of Topliss-reactive ketones (excluding diaryl/α,β-unsaturated/α-hetero) is 2. The molecule has 0 aromatic carbocycles. The maximum absolute atomic E-state index is 13.2. The van der Waals surface area contributed by atoms with Gasteiger partial charge in [-0.3, -0.25) is 59.5 Å². The number of aliphatic hydroxyl groups excluding tert-OH is 1. The number of nitrogens with zero attached hydrogens (tertiary/aromatic N) is 16. The number of aromatic carboxylic acids is 1. The summed E-state index contributed by atoms with van der Waals surface area (Å²) in [7, 11) is 3.14. The van der Waals surface area contributed by atoms with Crippen LogP contribution in [0.15, 0.2) is 133 Å². The molecule has 2 aliphatic carbocycles. The highest BCUT2D eigenvalue weighted by atomic mass is 19.4. The molecular formula is C81H87F3N22O13. The molecule has 10 amide bonds. The highest BCUT2D eigenvalue weighted by Gasteiger charge is 2.46. The monoisotopic (exact) mass is 1630 g/mol. The van der Waals surface area contributed by atoms with Crippen LogP contribution in [0.4, 0.5) is 102 Å². The largest absolute Gasteiger partial charge is 0.478 e. The molecule has 0 unspecified atom stereocenters. The standard InChI is InChI=1S/C21H25N5O4.C21H23N5O2.C20H22N6O3.C19H17F3N6O4/c1-30-13-15(27)5-8-18(28)16-6-7-17-20(23-16)26(14-9-11-25(17)12-14)21(29)24-19-4-2-3-10-22-19;1-13-2-7-19(22-11-13)24-21(28)26-15-8-9-25(12-15)17-6-5-16(23-20(17)26)18(27)10-14-3-4-14;1-24-9-2-3-15(19(24)28)23-20(29)26-13-8-10-25(11-13)16-7-6-14(22-17(16)26)18(27)21-12-4-5-12;20-19(21,22)9-24-16(29)12-2-3-13-15(25-12)28(11-5-6-27(13)8-11)18(32)26-14-4-1-10(7-23-14)17(30)31/h2-4,6-7,10,14-15,27H,5,8-9,11-13H2,1H3,(H,22,24,29);2,5-7,11,14-15H,3-4,8-10,12H2,1H3,(H,22,24,28);2-3,6-7,9,12-13H,4-5,8,10-11H2,1H3,(H,21,27)(H,23,29);1-4,7,11H,5-6,8-9H2,(H,24,29)(H,30,31)(H,23,26,32)/t14-,15+;15-;13-;11-/m0000/s1. The van der Waals surface area contributed by atoms with Crippen LogP contribution in [0.25, 0.3) is 0 Å². The van der Waals surface area contributed by atoms with Crippen LogP contribution in [0, 0.1) is 12.8 Å². The lowest BCUT2D eigenvalue weighted by atomic mass is 10.1. The number of anilines is 12. The van der Waals surface area contributed by atoms with Crippen molar-refractivity contribution in [3.63, 3.8) is 0 Å². The van der Waals surface area contributed by atoms with Crippen molar-refractivity contribution in [1.82, 2.24) is 50.1 Å². The Bertz CT molecular complexity index is 5290. The second-order valence-corrected chi connectivity index (χ2v) is 30.6. The minimum atomic E-state index is -4.57. The molecule has 0 radical (unpaired) electrons. The van der Waals surface area contributed by atoms with Crippen LogP contribution in [0.1, 0.15) is 129 Å². The molecular weight excluding hydrogens is 1550 g/mol. The summed E-state index contributed by atoms with van der Waals surface area (Å²) in [5.74, 6) is 0.785. The van der Waals surface area contributed by atoms with Gasteiger partial charge in [0.05, 0.1) is 65.2 Å². The van der Waals surface area contributed by atoms with Crippen LogP contribution >= 0.6 is 0 Å². The number of halogens is 3. The number of aryl methyl sites for hydroxylation is 2. The zero-order chi connectivity index (χ0) is 83.5. The van der Waals surface area contributed by atoms with Crippen molar-refractivity contribution in [3.8, 4) is 0 Å². The smallest absolute Gasteiger partial charge is 0.405 e. The van der Waals surface area contributed by atoms with Crippen LogP contribution in [0.3, 0.4) is 0 Å². The summed E-state index contributed by atoms with van der Waals surface area (Å²) >= 11 is 0. The van der Waals surface area contributed by atoms with Crippen molar-refractivity contribution in [2.24, 2.45) is 13.0 Å². The van der Waals surface area contributed by atoms with Gasteiger partial charge in [0.2, 0.25) is 0 Å². The first-order valence-corrected chi connectivity index (χ1v) is 39.3. The molecule has 8 aromatic rings. The van der Waals surface area contributed by atoms with E-state index in [9.17, 15) is 66.2 Å². The van der Waals surface area contributed by atoms with Crippen molar-refractivity contribution < 1.29 is 71.3 Å². The number of aromatic nitrogens is 8. The summed E-state index contributed by atoms with van der Waals surface area (Å²) in [6, 6.07) is 27.0. The fourth-order valence-electron chi connectivity index (χ4n) is 15.5. The first-order chi connectivity index (χ1) is 57.3. The van der Waals surface area contributed by atoms with Crippen molar-refractivity contribution in [2.45, 2.75) is 120 Å². The Labute approximate surface area is 679 Å². The van der Waals surface area contributed by atoms with E-state index < -0.39 is 42.8 Å². The Hall–Kier alpha value is -13.3. The van der Waals surface area contributed by atoms with Crippen LogP contribution in [-0.4, -0.2) is 218 Å². The van der Waals surface area contributed by atoms with Gasteiger partial charge in [-0.1, -0.05) is 12.1 Å². The van der Waals surface area contributed by atoms with Gasteiger partial charge in [0.25, 0.3) is 17.4 Å². The number of rotatable bonds is 18. The molecule has 8 bridgehead atoms. The predicted octanol–water partition coefficient (Wildman–Crippen LogP) is 8.88. The van der Waals surface area contributed by atoms with E-state index in [0.29, 0.717) is 91.0 Å². The maximum atomic E-state index is 13.2. The molecule has 8 N–H and O–H groups in total. The fourth-order valence-corrected chi connectivity index (χ4v) is 15.5. The third-order valence-corrected chi connectivity index (χ3v) is 22.0. The summed E-state index contributed by atoms with van der Waals surface area (Å²) in [5.41, 5.74) is 4.89. The fraction of sp³-hybridized carbons (Fsp3) is 0.395. The SMILES string of the molecule is COC[C@H](O)CCC(=O)c1ccc2c(n1)N(C(=O)Nc1ccccn1)[C@H]1CCN2C1.Cc1ccc(NC(=O)N2c3nc(C(=O)CC4CC4)ccc3N3CC[C@H]2C3)nc1.Cn1cccc(NC(=O)N2c3nc(C(=O)NC4CC4)ccc3N3CC[C@H]2C3)c1=O.O=C(O)c1ccc(NC(=O)N2c3nc(C(=O)NCC(F)(F)F)ccc3N3CC[C@H]2C3)nc1. The lowest BCUT2D eigenvalue weighted by Gasteiger charge is -2.35. The zero-order valence-corrected chi connectivity index (χ0v) is 65.2. The van der Waals surface area contributed by atoms with Gasteiger partial charge in [0.1, 0.15) is 52.5 Å². The Balaban J connectivity index is 0.000000124. The van der Waals surface area contributed by atoms with Crippen molar-refractivity contribution >= 4 is 123 Å². The minimum absolute atomic E-state index is 0.0115. The average molecular weight is 1630 g/mol. The van der Waals surface area contributed by atoms with Gasteiger partial charge < -0.3 is 55.1 Å². The van der Waals surface area contributed by atoms with Gasteiger partial charge in [-0.05, 0) is 167 Å². The van der Waals surface area contributed by atoms with E-state index in [1.165, 1.54) is 34.8 Å². The Kier molecular flexibility index (Phi) is 23.5. The van der Waals surface area contributed by atoms with Gasteiger partial charge in [-0.25, -0.2) is 58.9 Å². The number of pyridine rings is 8. The number of carboxylic acid groups (broad SMARTS) is 1. The zero-order valence-electron chi connectivity index (χ0n) is 65.2. The summed E-state index contributed by atoms with van der Waals surface area (Å²) in [6.45, 7) is 6.61. The number of hydrogen-bond acceptors (Lipinski definition) is 23. The first kappa shape index (κ1) is 80.9. The van der Waals surface area contributed by atoms with Gasteiger partial charge >= 0.3 is 36.3 Å². The number of carbonyl (C=O) groups excluding carboxylic acids is 8. The molecule has 6 fully saturated rings. The number of nitrogens with one attached hydrogen (secondary N) is 6. The molecule has 38 heteroatoms. The molecule has 18 rings (SSSR count). The van der Waals surface area contributed by atoms with E-state index in [-0.39, 0.29) is 113 Å². The van der Waals surface area contributed by atoms with E-state index in [1.807, 2.05) is 36.1 Å². The lowest BCUT2D eigenvalue weighted by molar-refractivity contribution is -0.123. The number of alkyl halides is 3. The van der Waals surface area contributed by atoms with E-state index in [4.69, 9.17) is 9.84 Å². The number of carboxylic acids is 1. The maximum Gasteiger partial charge on any atom is 0.405 e. The number of ether oxygens (including phenoxy) is 1. The number of hydrogen-bond donors (Lipinski definition) is 8. The Morgan fingerprint density at radius 3 is 1.43 bits per heavy atom. The van der Waals surface area contributed by atoms with E-state index in [0.717, 1.165) is 106 Å². The molecule has 8 aromatic heterocycles. The van der Waals surface area contributed by atoms with Crippen molar-refractivity contribution in [2.75, 3.05) is 133 Å². The third kappa shape index (κ3) is 18.5. The van der Waals surface area contributed by atoms with Crippen LogP contribution in [0.5, 0.6) is 0 Å². The second-order valence-electron chi connectivity index (χ2n) is 30.6. The second kappa shape index (κ2) is 34.5. The normalized spacial score (nSPS) is 18.7. The van der Waals surface area contributed by atoms with Crippen LogP contribution < -0.4 is 76.7 Å². The topological polar surface area (TPSA) is 414 Å². The Morgan fingerprint density at radius 1 is 0.529 bits per heavy atom. The molecule has 5 atom stereocenters. The summed E-state index contributed by atoms with van der Waals surface area (Å²) in [5, 5.41) is 34.5. The lowest BCUT2D eigenvalue weighted by Crippen LogP contribution is -2.49. The number of methoxy groups -OCH3 is 1. The van der Waals surface area contributed by atoms with Gasteiger partial charge in [-0.2, -0.15) is 13.2 Å². The van der Waals surface area contributed by atoms with E-state index in [1.54, 1.807) is 106 Å². The first-order valence-electron chi connectivity index (χ1n) is 39.3. The number of aliphatic hydroxyl groups is 1. The highest BCUT2D eigenvalue weighted by molar-refractivity contribution is 6.09. The number of ketones is 2. The average Bonchev–Trinajstić information content (AvgIpc) is 1.66. The molecule has 16 heterocycles. The molecule has 0 spiro atoms. The molecule has 620 valence electrons.